The minimum absolute atomic E-state index is 0.0533. The van der Waals surface area contributed by atoms with Gasteiger partial charge in [0.25, 0.3) is 5.91 Å². The summed E-state index contributed by atoms with van der Waals surface area (Å²) in [4.78, 5) is 17.9. The minimum atomic E-state index is -3.10. The van der Waals surface area contributed by atoms with Crippen molar-refractivity contribution >= 4 is 15.7 Å². The van der Waals surface area contributed by atoms with E-state index in [4.69, 9.17) is 10.8 Å². The molecule has 2 heterocycles. The van der Waals surface area contributed by atoms with Crippen molar-refractivity contribution in [1.82, 2.24) is 14.5 Å². The lowest BCUT2D eigenvalue weighted by Gasteiger charge is -2.26. The predicted molar refractivity (Wildman–Crippen MR) is 76.5 cm³/mol. The molecule has 8 nitrogen and oxygen atoms in total. The Kier molecular flexibility index (Phi) is 4.96. The third-order valence-electron chi connectivity index (χ3n) is 3.49. The van der Waals surface area contributed by atoms with Gasteiger partial charge in [-0.15, -0.1) is 0 Å². The van der Waals surface area contributed by atoms with Gasteiger partial charge >= 0.3 is 0 Å². The molecule has 1 atom stereocenters. The number of nitrogens with zero attached hydrogens (tertiary/aromatic N) is 3. The van der Waals surface area contributed by atoms with E-state index in [1.807, 2.05) is 0 Å². The second-order valence-electron chi connectivity index (χ2n) is 5.06. The van der Waals surface area contributed by atoms with Gasteiger partial charge in [-0.05, 0) is 6.42 Å². The molecule has 118 valence electrons. The fraction of sp³-hybridized carbons (Fsp3) is 0.667. The normalized spacial score (nSPS) is 20.6. The summed E-state index contributed by atoms with van der Waals surface area (Å²) in [6.45, 7) is 0.873. The molecule has 1 amide bonds. The van der Waals surface area contributed by atoms with E-state index in [9.17, 15) is 13.2 Å². The molecule has 1 aliphatic heterocycles. The van der Waals surface area contributed by atoms with Crippen LogP contribution in [0, 0.1) is 0 Å². The van der Waals surface area contributed by atoms with Crippen molar-refractivity contribution in [2.75, 3.05) is 31.2 Å². The summed E-state index contributed by atoms with van der Waals surface area (Å²) in [7, 11) is -3.10. The lowest BCUT2D eigenvalue weighted by atomic mass is 10.2. The number of aromatic nitrogens is 2. The van der Waals surface area contributed by atoms with Crippen LogP contribution < -0.4 is 5.73 Å². The van der Waals surface area contributed by atoms with Crippen molar-refractivity contribution in [3.8, 4) is 0 Å². The molecule has 2 rings (SSSR count). The van der Waals surface area contributed by atoms with Crippen molar-refractivity contribution in [1.29, 1.82) is 0 Å². The Morgan fingerprint density at radius 2 is 2.33 bits per heavy atom. The molecule has 1 aliphatic rings. The monoisotopic (exact) mass is 316 g/mol. The Bertz CT molecular complexity index is 598. The van der Waals surface area contributed by atoms with Gasteiger partial charge in [0.15, 0.2) is 9.84 Å². The highest BCUT2D eigenvalue weighted by molar-refractivity contribution is 7.91. The zero-order valence-electron chi connectivity index (χ0n) is 11.7. The van der Waals surface area contributed by atoms with Crippen molar-refractivity contribution in [2.24, 2.45) is 5.73 Å². The van der Waals surface area contributed by atoms with Gasteiger partial charge in [-0.3, -0.25) is 4.79 Å². The summed E-state index contributed by atoms with van der Waals surface area (Å²) in [5, 5.41) is 9.13. The lowest BCUT2D eigenvalue weighted by molar-refractivity contribution is 0.0650. The number of nitrogens with two attached hydrogens (primary N) is 1. The molecule has 0 saturated carbocycles. The zero-order chi connectivity index (χ0) is 15.5. The van der Waals surface area contributed by atoms with Crippen molar-refractivity contribution in [2.45, 2.75) is 19.0 Å². The Balaban J connectivity index is 2.15. The van der Waals surface area contributed by atoms with Gasteiger partial charge in [0.2, 0.25) is 0 Å². The number of hydrogen-bond donors (Lipinski definition) is 2. The van der Waals surface area contributed by atoms with Crippen LogP contribution in [-0.4, -0.2) is 71.1 Å². The van der Waals surface area contributed by atoms with E-state index in [2.05, 4.69) is 4.98 Å². The van der Waals surface area contributed by atoms with E-state index in [1.54, 1.807) is 10.8 Å². The summed E-state index contributed by atoms with van der Waals surface area (Å²) >= 11 is 0. The van der Waals surface area contributed by atoms with Crippen LogP contribution >= 0.6 is 0 Å². The maximum Gasteiger partial charge on any atom is 0.274 e. The Labute approximate surface area is 123 Å². The van der Waals surface area contributed by atoms with Crippen LogP contribution in [0.3, 0.4) is 0 Å². The molecule has 0 aromatic carbocycles. The number of aliphatic hydroxyl groups is 1. The number of rotatable bonds is 6. The Morgan fingerprint density at radius 3 is 2.90 bits per heavy atom. The molecular weight excluding hydrogens is 296 g/mol. The number of carbonyl (C=O) groups excluding carboxylic acids is 1. The number of carbonyl (C=O) groups is 1. The largest absolute Gasteiger partial charge is 0.395 e. The molecule has 9 heteroatoms. The summed E-state index contributed by atoms with van der Waals surface area (Å²) in [5.74, 6) is -0.335. The first-order valence-corrected chi connectivity index (χ1v) is 8.63. The smallest absolute Gasteiger partial charge is 0.274 e. The Morgan fingerprint density at radius 1 is 1.57 bits per heavy atom. The van der Waals surface area contributed by atoms with Crippen LogP contribution in [0.15, 0.2) is 12.5 Å². The molecule has 1 saturated heterocycles. The Hall–Kier alpha value is -1.45. The zero-order valence-corrected chi connectivity index (χ0v) is 12.5. The van der Waals surface area contributed by atoms with Crippen LogP contribution in [0.2, 0.25) is 0 Å². The summed E-state index contributed by atoms with van der Waals surface area (Å²) in [5.41, 5.74) is 5.68. The van der Waals surface area contributed by atoms with Crippen molar-refractivity contribution in [3.63, 3.8) is 0 Å². The first-order chi connectivity index (χ1) is 9.96. The highest BCUT2D eigenvalue weighted by Gasteiger charge is 2.35. The first kappa shape index (κ1) is 15.9. The second-order valence-corrected chi connectivity index (χ2v) is 7.29. The quantitative estimate of drug-likeness (QED) is 0.657. The standard InChI is InChI=1S/C12H20N4O4S/c13-2-3-15-7-11(14-9-15)12(18)16(4-5-17)10-1-6-21(19,20)8-10/h7,9-10,17H,1-6,8,13H2. The summed E-state index contributed by atoms with van der Waals surface area (Å²) in [6, 6.07) is -0.394. The third kappa shape index (κ3) is 3.80. The topological polar surface area (TPSA) is 119 Å². The lowest BCUT2D eigenvalue weighted by Crippen LogP contribution is -2.43. The second kappa shape index (κ2) is 6.54. The average Bonchev–Trinajstić information content (AvgIpc) is 3.02. The van der Waals surface area contributed by atoms with Crippen LogP contribution in [-0.2, 0) is 16.4 Å². The molecule has 1 aromatic rings. The van der Waals surface area contributed by atoms with E-state index in [0.29, 0.717) is 19.5 Å². The van der Waals surface area contributed by atoms with Gasteiger partial charge in [0.05, 0.1) is 24.4 Å². The van der Waals surface area contributed by atoms with Gasteiger partial charge in [0.1, 0.15) is 5.69 Å². The molecule has 3 N–H and O–H groups in total. The van der Waals surface area contributed by atoms with Gasteiger partial charge in [-0.25, -0.2) is 13.4 Å². The number of sulfone groups is 1. The first-order valence-electron chi connectivity index (χ1n) is 6.81. The van der Waals surface area contributed by atoms with E-state index in [0.717, 1.165) is 0 Å². The van der Waals surface area contributed by atoms with Crippen LogP contribution in [0.1, 0.15) is 16.9 Å². The third-order valence-corrected chi connectivity index (χ3v) is 5.24. The molecule has 1 aromatic heterocycles. The average molecular weight is 316 g/mol. The van der Waals surface area contributed by atoms with E-state index in [-0.39, 0.29) is 36.3 Å². The van der Waals surface area contributed by atoms with Gasteiger partial charge in [-0.1, -0.05) is 0 Å². The van der Waals surface area contributed by atoms with E-state index in [1.165, 1.54) is 11.2 Å². The van der Waals surface area contributed by atoms with Crippen molar-refractivity contribution < 1.29 is 18.3 Å². The summed E-state index contributed by atoms with van der Waals surface area (Å²) < 4.78 is 24.8. The van der Waals surface area contributed by atoms with Crippen LogP contribution in [0.4, 0.5) is 0 Å². The molecule has 0 radical (unpaired) electrons. The maximum absolute atomic E-state index is 12.5. The SMILES string of the molecule is NCCn1cnc(C(=O)N(CCO)C2CCS(=O)(=O)C2)c1. The van der Waals surface area contributed by atoms with Gasteiger partial charge in [-0.2, -0.15) is 0 Å². The van der Waals surface area contributed by atoms with Crippen LogP contribution in [0.25, 0.3) is 0 Å². The molecule has 0 bridgehead atoms. The molecule has 0 spiro atoms. The molecule has 1 fully saturated rings. The molecular formula is C12H20N4O4S. The summed E-state index contributed by atoms with van der Waals surface area (Å²) in [6.07, 6.45) is 3.50. The predicted octanol–water partition coefficient (Wildman–Crippen LogP) is -1.54. The molecule has 21 heavy (non-hydrogen) atoms. The minimum Gasteiger partial charge on any atom is -0.395 e. The number of amides is 1. The van der Waals surface area contributed by atoms with Gasteiger partial charge < -0.3 is 20.3 Å². The molecule has 1 unspecified atom stereocenters. The fourth-order valence-corrected chi connectivity index (χ4v) is 4.20. The molecule has 0 aliphatic carbocycles. The van der Waals surface area contributed by atoms with E-state index < -0.39 is 15.9 Å². The number of hydrogen-bond acceptors (Lipinski definition) is 6. The van der Waals surface area contributed by atoms with Crippen molar-refractivity contribution in [3.05, 3.63) is 18.2 Å². The number of imidazole rings is 1. The maximum atomic E-state index is 12.5. The highest BCUT2D eigenvalue weighted by atomic mass is 32.2. The van der Waals surface area contributed by atoms with Crippen LogP contribution in [0.5, 0.6) is 0 Å². The fourth-order valence-electron chi connectivity index (χ4n) is 2.47. The number of aliphatic hydroxyl groups excluding tert-OH is 1. The highest BCUT2D eigenvalue weighted by Crippen LogP contribution is 2.19. The van der Waals surface area contributed by atoms with E-state index >= 15 is 0 Å². The van der Waals surface area contributed by atoms with Gasteiger partial charge in [0, 0.05) is 31.9 Å².